The molecule has 20 heavy (non-hydrogen) atoms. The molecule has 4 nitrogen and oxygen atoms in total. The minimum Gasteiger partial charge on any atom is -0.490 e. The van der Waals surface area contributed by atoms with Gasteiger partial charge in [0.15, 0.2) is 11.5 Å². The Labute approximate surface area is 128 Å². The Morgan fingerprint density at radius 1 is 1.30 bits per heavy atom. The van der Waals surface area contributed by atoms with Crippen LogP contribution in [0.1, 0.15) is 33.3 Å². The average molecular weight is 347 g/mol. The smallest absolute Gasteiger partial charge is 0.175 e. The monoisotopic (exact) mass is 346 g/mol. The zero-order chi connectivity index (χ0) is 15.3. The Kier molecular flexibility index (Phi) is 6.30. The predicted octanol–water partition coefficient (Wildman–Crippen LogP) is 3.13. The van der Waals surface area contributed by atoms with Crippen LogP contribution in [-0.2, 0) is 6.61 Å². The van der Waals surface area contributed by atoms with Crippen LogP contribution in [0.2, 0.25) is 0 Å². The van der Waals surface area contributed by atoms with Crippen LogP contribution >= 0.6 is 15.9 Å². The van der Waals surface area contributed by atoms with Gasteiger partial charge in [0.2, 0.25) is 0 Å². The van der Waals surface area contributed by atoms with E-state index in [1.165, 1.54) is 0 Å². The van der Waals surface area contributed by atoms with Crippen molar-refractivity contribution in [2.24, 2.45) is 5.92 Å². The van der Waals surface area contributed by atoms with Gasteiger partial charge in [0, 0.05) is 0 Å². The van der Waals surface area contributed by atoms with Crippen LogP contribution in [0.25, 0.3) is 0 Å². The number of ether oxygens (including phenoxy) is 2. The summed E-state index contributed by atoms with van der Waals surface area (Å²) in [5.74, 6) is 1.18. The van der Waals surface area contributed by atoms with Gasteiger partial charge < -0.3 is 19.7 Å². The average Bonchev–Trinajstić information content (AvgIpc) is 2.37. The molecule has 0 saturated carbocycles. The predicted molar refractivity (Wildman–Crippen MR) is 82.2 cm³/mol. The van der Waals surface area contributed by atoms with Crippen LogP contribution in [0, 0.1) is 5.92 Å². The van der Waals surface area contributed by atoms with Gasteiger partial charge in [-0.25, -0.2) is 0 Å². The summed E-state index contributed by atoms with van der Waals surface area (Å²) in [5, 5.41) is 19.5. The standard InChI is InChI=1S/C15H23BrO4/c1-5-19-13-7-11(8-17)6-12(16)14(13)20-9-15(4,18)10(2)3/h6-7,10,17-18H,5,8-9H2,1-4H3. The second-order valence-corrected chi connectivity index (χ2v) is 6.15. The Bertz CT molecular complexity index is 444. The van der Waals surface area contributed by atoms with Gasteiger partial charge in [0.1, 0.15) is 6.61 Å². The molecule has 0 amide bonds. The van der Waals surface area contributed by atoms with Gasteiger partial charge in [0.25, 0.3) is 0 Å². The molecule has 0 heterocycles. The fourth-order valence-corrected chi connectivity index (χ4v) is 2.10. The molecule has 1 aromatic carbocycles. The van der Waals surface area contributed by atoms with E-state index in [0.717, 1.165) is 5.56 Å². The van der Waals surface area contributed by atoms with Crippen molar-refractivity contribution in [2.45, 2.75) is 39.9 Å². The summed E-state index contributed by atoms with van der Waals surface area (Å²) in [6.07, 6.45) is 0. The maximum absolute atomic E-state index is 10.2. The van der Waals surface area contributed by atoms with E-state index in [1.54, 1.807) is 19.1 Å². The van der Waals surface area contributed by atoms with Crippen molar-refractivity contribution in [3.05, 3.63) is 22.2 Å². The molecule has 0 spiro atoms. The molecule has 0 saturated heterocycles. The molecule has 1 unspecified atom stereocenters. The van der Waals surface area contributed by atoms with E-state index >= 15 is 0 Å². The van der Waals surface area contributed by atoms with Crippen molar-refractivity contribution >= 4 is 15.9 Å². The van der Waals surface area contributed by atoms with E-state index in [9.17, 15) is 10.2 Å². The van der Waals surface area contributed by atoms with Crippen LogP contribution in [0.15, 0.2) is 16.6 Å². The second-order valence-electron chi connectivity index (χ2n) is 5.30. The summed E-state index contributed by atoms with van der Waals surface area (Å²) in [4.78, 5) is 0. The molecule has 114 valence electrons. The van der Waals surface area contributed by atoms with Crippen LogP contribution in [0.3, 0.4) is 0 Å². The van der Waals surface area contributed by atoms with E-state index in [4.69, 9.17) is 9.47 Å². The van der Waals surface area contributed by atoms with Gasteiger partial charge in [-0.2, -0.15) is 0 Å². The Morgan fingerprint density at radius 2 is 1.95 bits per heavy atom. The van der Waals surface area contributed by atoms with Crippen LogP contribution < -0.4 is 9.47 Å². The van der Waals surface area contributed by atoms with Gasteiger partial charge in [-0.15, -0.1) is 0 Å². The topological polar surface area (TPSA) is 58.9 Å². The zero-order valence-corrected chi connectivity index (χ0v) is 14.0. The van der Waals surface area contributed by atoms with Crippen molar-refractivity contribution in [1.29, 1.82) is 0 Å². The highest BCUT2D eigenvalue weighted by Crippen LogP contribution is 2.37. The first-order valence-corrected chi connectivity index (χ1v) is 7.52. The number of benzene rings is 1. The minimum atomic E-state index is -0.918. The summed E-state index contributed by atoms with van der Waals surface area (Å²) in [6, 6.07) is 3.52. The molecule has 0 aliphatic heterocycles. The summed E-state index contributed by atoms with van der Waals surface area (Å²) in [7, 11) is 0. The molecule has 1 rings (SSSR count). The number of rotatable bonds is 7. The lowest BCUT2D eigenvalue weighted by Gasteiger charge is -2.28. The lowest BCUT2D eigenvalue weighted by atomic mass is 9.94. The highest BCUT2D eigenvalue weighted by molar-refractivity contribution is 9.10. The van der Waals surface area contributed by atoms with Crippen molar-refractivity contribution in [1.82, 2.24) is 0 Å². The minimum absolute atomic E-state index is 0.0668. The number of halogens is 1. The fraction of sp³-hybridized carbons (Fsp3) is 0.600. The first kappa shape index (κ1) is 17.3. The van der Waals surface area contributed by atoms with E-state index in [2.05, 4.69) is 15.9 Å². The molecule has 0 aliphatic rings. The Morgan fingerprint density at radius 3 is 2.45 bits per heavy atom. The molecular formula is C15H23BrO4. The molecule has 0 fully saturated rings. The molecule has 0 radical (unpaired) electrons. The highest BCUT2D eigenvalue weighted by atomic mass is 79.9. The summed E-state index contributed by atoms with van der Waals surface area (Å²) >= 11 is 3.42. The first-order chi connectivity index (χ1) is 9.31. The first-order valence-electron chi connectivity index (χ1n) is 6.73. The van der Waals surface area contributed by atoms with Gasteiger partial charge in [0.05, 0.1) is 23.3 Å². The molecule has 0 aliphatic carbocycles. The van der Waals surface area contributed by atoms with Crippen LogP contribution in [0.4, 0.5) is 0 Å². The van der Waals surface area contributed by atoms with Crippen molar-refractivity contribution in [3.63, 3.8) is 0 Å². The number of hydrogen-bond donors (Lipinski definition) is 2. The molecule has 1 aromatic rings. The quantitative estimate of drug-likeness (QED) is 0.796. The van der Waals surface area contributed by atoms with E-state index in [0.29, 0.717) is 22.6 Å². The molecule has 5 heteroatoms. The largest absolute Gasteiger partial charge is 0.490 e. The van der Waals surface area contributed by atoms with E-state index in [-0.39, 0.29) is 19.1 Å². The van der Waals surface area contributed by atoms with Crippen molar-refractivity contribution in [3.8, 4) is 11.5 Å². The summed E-state index contributed by atoms with van der Waals surface area (Å²) in [5.41, 5.74) is -0.179. The molecule has 1 atom stereocenters. The lowest BCUT2D eigenvalue weighted by Crippen LogP contribution is -2.37. The van der Waals surface area contributed by atoms with Gasteiger partial charge in [-0.1, -0.05) is 13.8 Å². The second kappa shape index (κ2) is 7.29. The summed E-state index contributed by atoms with van der Waals surface area (Å²) in [6.45, 7) is 8.11. The molecular weight excluding hydrogens is 324 g/mol. The molecule has 0 aromatic heterocycles. The van der Waals surface area contributed by atoms with Gasteiger partial charge in [-0.3, -0.25) is 0 Å². The number of aliphatic hydroxyl groups excluding tert-OH is 1. The molecule has 0 bridgehead atoms. The maximum atomic E-state index is 10.2. The summed E-state index contributed by atoms with van der Waals surface area (Å²) < 4.78 is 12.0. The third kappa shape index (κ3) is 4.36. The van der Waals surface area contributed by atoms with Crippen molar-refractivity contribution < 1.29 is 19.7 Å². The third-order valence-electron chi connectivity index (χ3n) is 3.30. The van der Waals surface area contributed by atoms with E-state index in [1.807, 2.05) is 20.8 Å². The lowest BCUT2D eigenvalue weighted by molar-refractivity contribution is -0.0274. The van der Waals surface area contributed by atoms with Crippen molar-refractivity contribution in [2.75, 3.05) is 13.2 Å². The zero-order valence-electron chi connectivity index (χ0n) is 12.4. The maximum Gasteiger partial charge on any atom is 0.175 e. The fourth-order valence-electron chi connectivity index (χ4n) is 1.50. The number of aliphatic hydroxyl groups is 2. The Balaban J connectivity index is 2.98. The SMILES string of the molecule is CCOc1cc(CO)cc(Br)c1OCC(C)(O)C(C)C. The Hall–Kier alpha value is -0.780. The number of hydrogen-bond acceptors (Lipinski definition) is 4. The normalized spacial score (nSPS) is 14.2. The van der Waals surface area contributed by atoms with Gasteiger partial charge in [-0.05, 0) is 53.4 Å². The van der Waals surface area contributed by atoms with E-state index < -0.39 is 5.60 Å². The highest BCUT2D eigenvalue weighted by Gasteiger charge is 2.27. The third-order valence-corrected chi connectivity index (χ3v) is 3.89. The van der Waals surface area contributed by atoms with Crippen LogP contribution in [-0.4, -0.2) is 29.0 Å². The van der Waals surface area contributed by atoms with Gasteiger partial charge >= 0.3 is 0 Å². The van der Waals surface area contributed by atoms with Crippen LogP contribution in [0.5, 0.6) is 11.5 Å². The molecule has 2 N–H and O–H groups in total.